The number of aliphatic imine (C=N–C) groups is 1. The third-order valence-corrected chi connectivity index (χ3v) is 3.99. The normalized spacial score (nSPS) is 15.8. The standard InChI is InChI=1S/C15H21BrFN3/c1-2-18-15(20-9-3-4-10-20)19-8-7-12-5-6-14(17)13(16)11-12/h5-6,11H,2-4,7-10H2,1H3,(H,18,19). The van der Waals surface area contributed by atoms with E-state index in [4.69, 9.17) is 0 Å². The lowest BCUT2D eigenvalue weighted by Crippen LogP contribution is -2.39. The maximum absolute atomic E-state index is 13.2. The van der Waals surface area contributed by atoms with Crippen LogP contribution in [0.4, 0.5) is 4.39 Å². The van der Waals surface area contributed by atoms with Crippen LogP contribution in [-0.2, 0) is 6.42 Å². The first-order valence-corrected chi connectivity index (χ1v) is 7.97. The van der Waals surface area contributed by atoms with E-state index in [0.29, 0.717) is 4.47 Å². The van der Waals surface area contributed by atoms with Crippen LogP contribution in [0.3, 0.4) is 0 Å². The number of nitrogens with one attached hydrogen (secondary N) is 1. The minimum absolute atomic E-state index is 0.220. The lowest BCUT2D eigenvalue weighted by Gasteiger charge is -2.20. The van der Waals surface area contributed by atoms with Crippen LogP contribution in [-0.4, -0.2) is 37.0 Å². The number of hydrogen-bond acceptors (Lipinski definition) is 1. The molecule has 0 atom stereocenters. The third-order valence-electron chi connectivity index (χ3n) is 3.39. The average molecular weight is 342 g/mol. The molecular weight excluding hydrogens is 321 g/mol. The van der Waals surface area contributed by atoms with Crippen molar-refractivity contribution in [3.8, 4) is 0 Å². The fourth-order valence-corrected chi connectivity index (χ4v) is 2.77. The summed E-state index contributed by atoms with van der Waals surface area (Å²) in [5, 5.41) is 3.34. The van der Waals surface area contributed by atoms with Gasteiger partial charge in [-0.3, -0.25) is 4.99 Å². The van der Waals surface area contributed by atoms with Crippen molar-refractivity contribution < 1.29 is 4.39 Å². The molecule has 0 aromatic heterocycles. The molecule has 0 amide bonds. The van der Waals surface area contributed by atoms with Gasteiger partial charge in [0.1, 0.15) is 5.82 Å². The first kappa shape index (κ1) is 15.3. The van der Waals surface area contributed by atoms with Gasteiger partial charge in [0, 0.05) is 26.2 Å². The molecule has 0 unspecified atom stereocenters. The van der Waals surface area contributed by atoms with Gasteiger partial charge >= 0.3 is 0 Å². The van der Waals surface area contributed by atoms with Gasteiger partial charge in [-0.1, -0.05) is 6.07 Å². The minimum Gasteiger partial charge on any atom is -0.357 e. The second-order valence-corrected chi connectivity index (χ2v) is 5.78. The molecule has 0 bridgehead atoms. The molecule has 1 heterocycles. The molecule has 1 aliphatic heterocycles. The molecule has 1 aromatic carbocycles. The number of guanidine groups is 1. The van der Waals surface area contributed by atoms with Crippen LogP contribution in [0.15, 0.2) is 27.7 Å². The van der Waals surface area contributed by atoms with Crippen molar-refractivity contribution in [1.82, 2.24) is 10.2 Å². The summed E-state index contributed by atoms with van der Waals surface area (Å²) in [6, 6.07) is 5.14. The van der Waals surface area contributed by atoms with Gasteiger partial charge in [0.05, 0.1) is 4.47 Å². The molecule has 1 fully saturated rings. The summed E-state index contributed by atoms with van der Waals surface area (Å²) in [5.41, 5.74) is 1.10. The molecule has 0 aliphatic carbocycles. The van der Waals surface area contributed by atoms with Crippen molar-refractivity contribution in [2.75, 3.05) is 26.2 Å². The molecule has 5 heteroatoms. The Kier molecular flexibility index (Phi) is 5.83. The number of nitrogens with zero attached hydrogens (tertiary/aromatic N) is 2. The Bertz CT molecular complexity index is 470. The van der Waals surface area contributed by atoms with Gasteiger partial charge in [0.15, 0.2) is 5.96 Å². The quantitative estimate of drug-likeness (QED) is 0.672. The van der Waals surface area contributed by atoms with Gasteiger partial charge < -0.3 is 10.2 Å². The highest BCUT2D eigenvalue weighted by Gasteiger charge is 2.15. The summed E-state index contributed by atoms with van der Waals surface area (Å²) < 4.78 is 13.7. The lowest BCUT2D eigenvalue weighted by atomic mass is 10.1. The Morgan fingerprint density at radius 3 is 2.80 bits per heavy atom. The van der Waals surface area contributed by atoms with Crippen molar-refractivity contribution in [2.45, 2.75) is 26.2 Å². The Balaban J connectivity index is 1.93. The molecule has 1 aliphatic rings. The second kappa shape index (κ2) is 7.62. The molecular formula is C15H21BrFN3. The fraction of sp³-hybridized carbons (Fsp3) is 0.533. The maximum atomic E-state index is 13.2. The van der Waals surface area contributed by atoms with Crippen molar-refractivity contribution in [3.63, 3.8) is 0 Å². The van der Waals surface area contributed by atoms with Gasteiger partial charge in [-0.15, -0.1) is 0 Å². The summed E-state index contributed by atoms with van der Waals surface area (Å²) in [7, 11) is 0. The van der Waals surface area contributed by atoms with Crippen molar-refractivity contribution in [2.24, 2.45) is 4.99 Å². The zero-order chi connectivity index (χ0) is 14.4. The van der Waals surface area contributed by atoms with E-state index in [9.17, 15) is 4.39 Å². The van der Waals surface area contributed by atoms with Crippen molar-refractivity contribution >= 4 is 21.9 Å². The molecule has 0 spiro atoms. The first-order chi connectivity index (χ1) is 9.70. The van der Waals surface area contributed by atoms with Crippen LogP contribution >= 0.6 is 15.9 Å². The smallest absolute Gasteiger partial charge is 0.193 e. The Labute approximate surface area is 128 Å². The molecule has 1 aromatic rings. The van der Waals surface area contributed by atoms with Crippen LogP contribution in [0.25, 0.3) is 0 Å². The topological polar surface area (TPSA) is 27.6 Å². The summed E-state index contributed by atoms with van der Waals surface area (Å²) in [4.78, 5) is 6.97. The molecule has 0 radical (unpaired) electrons. The Hall–Kier alpha value is -1.10. The maximum Gasteiger partial charge on any atom is 0.193 e. The summed E-state index contributed by atoms with van der Waals surface area (Å²) >= 11 is 3.21. The molecule has 20 heavy (non-hydrogen) atoms. The van der Waals surface area contributed by atoms with E-state index in [1.54, 1.807) is 0 Å². The predicted molar refractivity (Wildman–Crippen MR) is 84.6 cm³/mol. The lowest BCUT2D eigenvalue weighted by molar-refractivity contribution is 0.494. The molecule has 110 valence electrons. The number of halogens is 2. The molecule has 1 N–H and O–H groups in total. The second-order valence-electron chi connectivity index (χ2n) is 4.93. The molecule has 2 rings (SSSR count). The highest BCUT2D eigenvalue weighted by Crippen LogP contribution is 2.17. The van der Waals surface area contributed by atoms with Gasteiger partial charge in [0.25, 0.3) is 0 Å². The van der Waals surface area contributed by atoms with E-state index < -0.39 is 0 Å². The van der Waals surface area contributed by atoms with Crippen LogP contribution < -0.4 is 5.32 Å². The summed E-state index contributed by atoms with van der Waals surface area (Å²) in [6.07, 6.45) is 3.31. The number of rotatable bonds is 4. The van der Waals surface area contributed by atoms with Crippen molar-refractivity contribution in [1.29, 1.82) is 0 Å². The van der Waals surface area contributed by atoms with Crippen LogP contribution in [0.5, 0.6) is 0 Å². The highest BCUT2D eigenvalue weighted by molar-refractivity contribution is 9.10. The SMILES string of the molecule is CCNC(=NCCc1ccc(F)c(Br)c1)N1CCCC1. The predicted octanol–water partition coefficient (Wildman–Crippen LogP) is 3.19. The first-order valence-electron chi connectivity index (χ1n) is 7.18. The Morgan fingerprint density at radius 2 is 2.15 bits per heavy atom. The van der Waals surface area contributed by atoms with E-state index in [0.717, 1.165) is 44.1 Å². The minimum atomic E-state index is -0.220. The zero-order valence-corrected chi connectivity index (χ0v) is 13.4. The van der Waals surface area contributed by atoms with Crippen molar-refractivity contribution in [3.05, 3.63) is 34.1 Å². The van der Waals surface area contributed by atoms with Gasteiger partial charge in [-0.2, -0.15) is 0 Å². The fourth-order valence-electron chi connectivity index (χ4n) is 2.34. The Morgan fingerprint density at radius 1 is 1.40 bits per heavy atom. The zero-order valence-electron chi connectivity index (χ0n) is 11.8. The van der Waals surface area contributed by atoms with Crippen LogP contribution in [0, 0.1) is 5.82 Å². The van der Waals surface area contributed by atoms with Gasteiger partial charge in [-0.25, -0.2) is 4.39 Å². The summed E-state index contributed by atoms with van der Waals surface area (Å²) in [5.74, 6) is 0.786. The number of likely N-dealkylation sites (tertiary alicyclic amines) is 1. The van der Waals surface area contributed by atoms with E-state index in [1.807, 2.05) is 12.1 Å². The average Bonchev–Trinajstić information content (AvgIpc) is 2.96. The van der Waals surface area contributed by atoms with E-state index in [2.05, 4.69) is 38.1 Å². The third kappa shape index (κ3) is 4.20. The summed E-state index contributed by atoms with van der Waals surface area (Å²) in [6.45, 7) is 5.87. The number of hydrogen-bond donors (Lipinski definition) is 1. The molecule has 3 nitrogen and oxygen atoms in total. The highest BCUT2D eigenvalue weighted by atomic mass is 79.9. The van der Waals surface area contributed by atoms with E-state index >= 15 is 0 Å². The van der Waals surface area contributed by atoms with Gasteiger partial charge in [-0.05, 0) is 59.8 Å². The monoisotopic (exact) mass is 341 g/mol. The largest absolute Gasteiger partial charge is 0.357 e. The van der Waals surface area contributed by atoms with Crippen LogP contribution in [0.2, 0.25) is 0 Å². The van der Waals surface area contributed by atoms with E-state index in [1.165, 1.54) is 18.9 Å². The molecule has 0 saturated carbocycles. The molecule has 1 saturated heterocycles. The number of benzene rings is 1. The van der Waals surface area contributed by atoms with E-state index in [-0.39, 0.29) is 5.82 Å². The van der Waals surface area contributed by atoms with Gasteiger partial charge in [0.2, 0.25) is 0 Å². The van der Waals surface area contributed by atoms with Crippen LogP contribution in [0.1, 0.15) is 25.3 Å².